The van der Waals surface area contributed by atoms with E-state index in [1.807, 2.05) is 0 Å². The molecule has 0 radical (unpaired) electrons. The average Bonchev–Trinajstić information content (AvgIpc) is 3.43. The second kappa shape index (κ2) is 9.03. The Bertz CT molecular complexity index is 1050. The lowest BCUT2D eigenvalue weighted by atomic mass is 10.1. The molecule has 3 aliphatic heterocycles. The molecule has 1 N–H and O–H groups in total. The third-order valence-corrected chi connectivity index (χ3v) is 8.94. The first-order chi connectivity index (χ1) is 15.2. The second-order valence-corrected chi connectivity index (χ2v) is 11.0. The summed E-state index contributed by atoms with van der Waals surface area (Å²) in [5.41, 5.74) is 1.11. The maximum absolute atomic E-state index is 13.5. The summed E-state index contributed by atoms with van der Waals surface area (Å²) in [6, 6.07) is 2.31. The van der Waals surface area contributed by atoms with Gasteiger partial charge in [0.2, 0.25) is 11.8 Å². The number of sulfonamides is 1. The number of carbonyl (C=O) groups excluding carboxylic acids is 2. The van der Waals surface area contributed by atoms with Gasteiger partial charge < -0.3 is 10.2 Å². The Labute approximate surface area is 194 Å². The van der Waals surface area contributed by atoms with E-state index >= 15 is 0 Å². The van der Waals surface area contributed by atoms with Crippen molar-refractivity contribution in [1.82, 2.24) is 19.4 Å². The fourth-order valence-electron chi connectivity index (χ4n) is 4.75. The van der Waals surface area contributed by atoms with Crippen LogP contribution in [0.15, 0.2) is 29.4 Å². The van der Waals surface area contributed by atoms with E-state index in [-0.39, 0.29) is 17.2 Å². The third kappa shape index (κ3) is 4.38. The number of amides is 2. The molecule has 3 heterocycles. The zero-order valence-corrected chi connectivity index (χ0v) is 20.0. The van der Waals surface area contributed by atoms with Crippen LogP contribution in [-0.4, -0.2) is 72.6 Å². The minimum atomic E-state index is -4.06. The lowest BCUT2D eigenvalue weighted by molar-refractivity contribution is -0.135. The summed E-state index contributed by atoms with van der Waals surface area (Å²) < 4.78 is 28.0. The topological polar surface area (TPSA) is 90.0 Å². The molecule has 2 fully saturated rings. The first kappa shape index (κ1) is 23.1. The number of hydrogen-bond acceptors (Lipinski definition) is 5. The zero-order valence-electron chi connectivity index (χ0n) is 18.4. The van der Waals surface area contributed by atoms with Gasteiger partial charge >= 0.3 is 0 Å². The van der Waals surface area contributed by atoms with Crippen molar-refractivity contribution in [3.05, 3.63) is 40.7 Å². The van der Waals surface area contributed by atoms with Crippen LogP contribution < -0.4 is 5.32 Å². The number of likely N-dealkylation sites (tertiary alicyclic amines) is 2. The van der Waals surface area contributed by atoms with Crippen molar-refractivity contribution in [2.45, 2.75) is 56.5 Å². The Balaban J connectivity index is 1.53. The molecular formula is C22H29ClN4O4S. The average molecular weight is 481 g/mol. The molecule has 2 atom stereocenters. The third-order valence-electron chi connectivity index (χ3n) is 6.61. The normalized spacial score (nSPS) is 24.3. The van der Waals surface area contributed by atoms with Crippen molar-refractivity contribution < 1.29 is 18.0 Å². The highest BCUT2D eigenvalue weighted by molar-refractivity contribution is 7.89. The molecule has 0 unspecified atom stereocenters. The van der Waals surface area contributed by atoms with E-state index in [0.29, 0.717) is 35.3 Å². The first-order valence-corrected chi connectivity index (χ1v) is 12.8. The highest BCUT2D eigenvalue weighted by Gasteiger charge is 2.40. The van der Waals surface area contributed by atoms with Gasteiger partial charge in [0.05, 0.1) is 11.3 Å². The van der Waals surface area contributed by atoms with Gasteiger partial charge in [-0.15, -0.1) is 0 Å². The summed E-state index contributed by atoms with van der Waals surface area (Å²) in [6.45, 7) is 6.78. The number of aryl methyl sites for hydroxylation is 2. The number of halogens is 1. The SMILES string of the molecule is Cc1cc(S(=O)(=O)N2C=CNC(=O)[C@H]2CC(=O)N2CC[C@H](N3CCCC3)C2)c(C)cc1Cl. The summed E-state index contributed by atoms with van der Waals surface area (Å²) in [5, 5.41) is 3.02. The Hall–Kier alpha value is -2.10. The molecule has 0 bridgehead atoms. The van der Waals surface area contributed by atoms with Crippen LogP contribution in [0.25, 0.3) is 0 Å². The Morgan fingerprint density at radius 1 is 1.16 bits per heavy atom. The van der Waals surface area contributed by atoms with Crippen molar-refractivity contribution >= 4 is 33.4 Å². The van der Waals surface area contributed by atoms with E-state index in [4.69, 9.17) is 11.6 Å². The molecule has 0 saturated carbocycles. The quantitative estimate of drug-likeness (QED) is 0.696. The van der Waals surface area contributed by atoms with E-state index in [1.165, 1.54) is 31.3 Å². The number of hydrogen-bond donors (Lipinski definition) is 1. The van der Waals surface area contributed by atoms with Gasteiger partial charge in [0.25, 0.3) is 10.0 Å². The molecule has 0 aromatic heterocycles. The van der Waals surface area contributed by atoms with Gasteiger partial charge in [-0.3, -0.25) is 18.8 Å². The van der Waals surface area contributed by atoms with Gasteiger partial charge in [0.15, 0.2) is 0 Å². The monoisotopic (exact) mass is 480 g/mol. The van der Waals surface area contributed by atoms with Crippen molar-refractivity contribution in [3.8, 4) is 0 Å². The van der Waals surface area contributed by atoms with Crippen LogP contribution in [0.4, 0.5) is 0 Å². The van der Waals surface area contributed by atoms with Gasteiger partial charge in [0.1, 0.15) is 6.04 Å². The van der Waals surface area contributed by atoms with Crippen molar-refractivity contribution in [3.63, 3.8) is 0 Å². The van der Waals surface area contributed by atoms with Gasteiger partial charge in [0, 0.05) is 36.6 Å². The smallest absolute Gasteiger partial charge is 0.264 e. The minimum absolute atomic E-state index is 0.0754. The Morgan fingerprint density at radius 3 is 2.59 bits per heavy atom. The maximum atomic E-state index is 13.5. The summed E-state index contributed by atoms with van der Waals surface area (Å²) in [7, 11) is -4.06. The molecule has 2 saturated heterocycles. The summed E-state index contributed by atoms with van der Waals surface area (Å²) in [4.78, 5) is 30.0. The van der Waals surface area contributed by atoms with Gasteiger partial charge in [-0.2, -0.15) is 0 Å². The minimum Gasteiger partial charge on any atom is -0.341 e. The van der Waals surface area contributed by atoms with Crippen LogP contribution in [0, 0.1) is 13.8 Å². The summed E-state index contributed by atoms with van der Waals surface area (Å²) in [6.07, 6.45) is 5.69. The second-order valence-electron chi connectivity index (χ2n) is 8.77. The van der Waals surface area contributed by atoms with Gasteiger partial charge in [-0.25, -0.2) is 8.42 Å². The van der Waals surface area contributed by atoms with E-state index in [9.17, 15) is 18.0 Å². The van der Waals surface area contributed by atoms with Crippen molar-refractivity contribution in [1.29, 1.82) is 0 Å². The summed E-state index contributed by atoms with van der Waals surface area (Å²) >= 11 is 6.13. The van der Waals surface area contributed by atoms with Gasteiger partial charge in [-0.05, 0) is 69.5 Å². The fourth-order valence-corrected chi connectivity index (χ4v) is 6.72. The predicted octanol–water partition coefficient (Wildman–Crippen LogP) is 2.00. The molecule has 174 valence electrons. The number of rotatable bonds is 5. The summed E-state index contributed by atoms with van der Waals surface area (Å²) in [5.74, 6) is -0.714. The lowest BCUT2D eigenvalue weighted by Gasteiger charge is -2.32. The van der Waals surface area contributed by atoms with Crippen LogP contribution in [0.5, 0.6) is 0 Å². The van der Waals surface area contributed by atoms with Crippen LogP contribution >= 0.6 is 11.6 Å². The molecule has 1 aromatic rings. The molecule has 0 spiro atoms. The highest BCUT2D eigenvalue weighted by Crippen LogP contribution is 2.29. The largest absolute Gasteiger partial charge is 0.341 e. The van der Waals surface area contributed by atoms with Crippen LogP contribution in [0.2, 0.25) is 5.02 Å². The van der Waals surface area contributed by atoms with E-state index in [2.05, 4.69) is 10.2 Å². The number of nitrogens with one attached hydrogen (secondary N) is 1. The molecule has 8 nitrogen and oxygen atoms in total. The molecule has 1 aromatic carbocycles. The van der Waals surface area contributed by atoms with Crippen molar-refractivity contribution in [2.24, 2.45) is 0 Å². The van der Waals surface area contributed by atoms with Crippen LogP contribution in [0.1, 0.15) is 36.8 Å². The van der Waals surface area contributed by atoms with Crippen LogP contribution in [-0.2, 0) is 19.6 Å². The molecule has 3 aliphatic rings. The van der Waals surface area contributed by atoms with Crippen molar-refractivity contribution in [2.75, 3.05) is 26.2 Å². The predicted molar refractivity (Wildman–Crippen MR) is 121 cm³/mol. The standard InChI is InChI=1S/C22H29ClN4O4S/c1-15-12-20(16(2)11-18(15)23)32(30,31)27-10-6-24-22(29)19(27)13-21(28)26-9-5-17(14-26)25-7-3-4-8-25/h6,10-12,17,19H,3-5,7-9,13-14H2,1-2H3,(H,24,29)/t17-,19+/m0/s1. The fraction of sp³-hybridized carbons (Fsp3) is 0.545. The van der Waals surface area contributed by atoms with Gasteiger partial charge in [-0.1, -0.05) is 11.6 Å². The molecule has 10 heteroatoms. The number of nitrogens with zero attached hydrogens (tertiary/aromatic N) is 3. The van der Waals surface area contributed by atoms with E-state index in [1.54, 1.807) is 24.8 Å². The molecule has 32 heavy (non-hydrogen) atoms. The molecule has 4 rings (SSSR count). The molecule has 0 aliphatic carbocycles. The number of benzene rings is 1. The first-order valence-electron chi connectivity index (χ1n) is 11.0. The molecule has 2 amide bonds. The lowest BCUT2D eigenvalue weighted by Crippen LogP contribution is -2.51. The van der Waals surface area contributed by atoms with E-state index < -0.39 is 22.0 Å². The van der Waals surface area contributed by atoms with Crippen LogP contribution in [0.3, 0.4) is 0 Å². The Morgan fingerprint density at radius 2 is 1.88 bits per heavy atom. The Kier molecular flexibility index (Phi) is 6.51. The highest BCUT2D eigenvalue weighted by atomic mass is 35.5. The van der Waals surface area contributed by atoms with E-state index in [0.717, 1.165) is 23.8 Å². The molecular weight excluding hydrogens is 452 g/mol. The number of carbonyl (C=O) groups is 2. The maximum Gasteiger partial charge on any atom is 0.264 e. The zero-order chi connectivity index (χ0) is 23.0.